The zero-order valence-electron chi connectivity index (χ0n) is 13.8. The quantitative estimate of drug-likeness (QED) is 0.944. The topological polar surface area (TPSA) is 41.6 Å². The summed E-state index contributed by atoms with van der Waals surface area (Å²) in [6.45, 7) is 7.56. The van der Waals surface area contributed by atoms with Crippen LogP contribution in [0, 0.1) is 0 Å². The Kier molecular flexibility index (Phi) is 4.94. The van der Waals surface area contributed by atoms with Crippen LogP contribution < -0.4 is 5.32 Å². The second kappa shape index (κ2) is 7.11. The van der Waals surface area contributed by atoms with Gasteiger partial charge in [-0.25, -0.2) is 0 Å². The standard InChI is InChI=1S/C19H24N2O2/c1-14-12-21(13-15(2)23-14)10-9-20-19(22)18-8-7-16-5-3-4-6-17(16)11-18/h3-8,11,14-15H,9-10,12-13H2,1-2H3,(H,20,22). The van der Waals surface area contributed by atoms with Crippen LogP contribution in [0.4, 0.5) is 0 Å². The Labute approximate surface area is 137 Å². The van der Waals surface area contributed by atoms with Gasteiger partial charge < -0.3 is 10.1 Å². The molecule has 1 saturated heterocycles. The van der Waals surface area contributed by atoms with E-state index in [4.69, 9.17) is 4.74 Å². The van der Waals surface area contributed by atoms with E-state index in [9.17, 15) is 4.79 Å². The number of hydrogen-bond donors (Lipinski definition) is 1. The van der Waals surface area contributed by atoms with Crippen LogP contribution in [0.1, 0.15) is 24.2 Å². The van der Waals surface area contributed by atoms with Crippen molar-refractivity contribution in [1.29, 1.82) is 0 Å². The van der Waals surface area contributed by atoms with Crippen molar-refractivity contribution >= 4 is 16.7 Å². The summed E-state index contributed by atoms with van der Waals surface area (Å²) >= 11 is 0. The second-order valence-electron chi connectivity index (χ2n) is 6.33. The van der Waals surface area contributed by atoms with Crippen LogP contribution in [0.5, 0.6) is 0 Å². The molecule has 2 atom stereocenters. The predicted molar refractivity (Wildman–Crippen MR) is 92.7 cm³/mol. The number of rotatable bonds is 4. The summed E-state index contributed by atoms with van der Waals surface area (Å²) in [6.07, 6.45) is 0.518. The van der Waals surface area contributed by atoms with Gasteiger partial charge in [0.25, 0.3) is 5.91 Å². The molecule has 0 saturated carbocycles. The van der Waals surface area contributed by atoms with Gasteiger partial charge in [0.1, 0.15) is 0 Å². The number of morpholine rings is 1. The highest BCUT2D eigenvalue weighted by molar-refractivity contribution is 5.98. The number of nitrogens with zero attached hydrogens (tertiary/aromatic N) is 1. The van der Waals surface area contributed by atoms with Crippen molar-refractivity contribution in [2.24, 2.45) is 0 Å². The van der Waals surface area contributed by atoms with Crippen LogP contribution in [-0.4, -0.2) is 49.2 Å². The van der Waals surface area contributed by atoms with Crippen LogP contribution in [-0.2, 0) is 4.74 Å². The molecule has 0 bridgehead atoms. The first kappa shape index (κ1) is 16.0. The summed E-state index contributed by atoms with van der Waals surface area (Å²) in [4.78, 5) is 14.7. The molecule has 2 aromatic carbocycles. The molecule has 0 aromatic heterocycles. The molecule has 2 aromatic rings. The number of carbonyl (C=O) groups excluding carboxylic acids is 1. The lowest BCUT2D eigenvalue weighted by molar-refractivity contribution is -0.0672. The Hall–Kier alpha value is -1.91. The SMILES string of the molecule is CC1CN(CCNC(=O)c2ccc3ccccc3c2)CC(C)O1. The predicted octanol–water partition coefficient (Wildman–Crippen LogP) is 2.68. The number of benzene rings is 2. The minimum atomic E-state index is -0.00916. The van der Waals surface area contributed by atoms with Crippen molar-refractivity contribution in [1.82, 2.24) is 10.2 Å². The van der Waals surface area contributed by atoms with Gasteiger partial charge in [-0.1, -0.05) is 30.3 Å². The molecule has 3 rings (SSSR count). The van der Waals surface area contributed by atoms with Gasteiger partial charge in [-0.15, -0.1) is 0 Å². The summed E-state index contributed by atoms with van der Waals surface area (Å²) in [5, 5.41) is 5.27. The summed E-state index contributed by atoms with van der Waals surface area (Å²) in [5.41, 5.74) is 0.715. The number of hydrogen-bond acceptors (Lipinski definition) is 3. The number of nitrogens with one attached hydrogen (secondary N) is 1. The van der Waals surface area contributed by atoms with Crippen molar-refractivity contribution in [2.45, 2.75) is 26.1 Å². The third-order valence-corrected chi connectivity index (χ3v) is 4.22. The molecule has 4 nitrogen and oxygen atoms in total. The molecular formula is C19H24N2O2. The average Bonchev–Trinajstić information content (AvgIpc) is 2.53. The molecule has 1 N–H and O–H groups in total. The number of ether oxygens (including phenoxy) is 1. The average molecular weight is 312 g/mol. The Morgan fingerprint density at radius 3 is 2.57 bits per heavy atom. The van der Waals surface area contributed by atoms with E-state index in [1.165, 1.54) is 0 Å². The minimum Gasteiger partial charge on any atom is -0.373 e. The first-order valence-corrected chi connectivity index (χ1v) is 8.26. The summed E-state index contributed by atoms with van der Waals surface area (Å²) in [5.74, 6) is -0.00916. The van der Waals surface area contributed by atoms with E-state index in [0.717, 1.165) is 30.4 Å². The Bertz CT molecular complexity index is 676. The van der Waals surface area contributed by atoms with Crippen molar-refractivity contribution in [2.75, 3.05) is 26.2 Å². The van der Waals surface area contributed by atoms with Crippen molar-refractivity contribution in [3.05, 3.63) is 48.0 Å². The molecule has 23 heavy (non-hydrogen) atoms. The molecule has 0 spiro atoms. The lowest BCUT2D eigenvalue weighted by Gasteiger charge is -2.35. The minimum absolute atomic E-state index is 0.00916. The molecule has 1 aliphatic rings. The molecule has 4 heteroatoms. The third-order valence-electron chi connectivity index (χ3n) is 4.22. The van der Waals surface area contributed by atoms with Gasteiger partial charge in [0.05, 0.1) is 12.2 Å². The maximum Gasteiger partial charge on any atom is 0.251 e. The number of fused-ring (bicyclic) bond motifs is 1. The highest BCUT2D eigenvalue weighted by atomic mass is 16.5. The van der Waals surface area contributed by atoms with E-state index in [0.29, 0.717) is 12.1 Å². The summed E-state index contributed by atoms with van der Waals surface area (Å²) < 4.78 is 5.72. The first-order valence-electron chi connectivity index (χ1n) is 8.26. The van der Waals surface area contributed by atoms with Gasteiger partial charge in [0.2, 0.25) is 0 Å². The van der Waals surface area contributed by atoms with E-state index in [-0.39, 0.29) is 18.1 Å². The zero-order chi connectivity index (χ0) is 16.2. The fraction of sp³-hybridized carbons (Fsp3) is 0.421. The maximum atomic E-state index is 12.3. The van der Waals surface area contributed by atoms with Crippen LogP contribution in [0.15, 0.2) is 42.5 Å². The largest absolute Gasteiger partial charge is 0.373 e. The van der Waals surface area contributed by atoms with Crippen molar-refractivity contribution < 1.29 is 9.53 Å². The Balaban J connectivity index is 1.54. The monoisotopic (exact) mass is 312 g/mol. The Morgan fingerprint density at radius 1 is 1.13 bits per heavy atom. The lowest BCUT2D eigenvalue weighted by atomic mass is 10.1. The number of amides is 1. The highest BCUT2D eigenvalue weighted by Crippen LogP contribution is 2.15. The smallest absolute Gasteiger partial charge is 0.251 e. The van der Waals surface area contributed by atoms with Crippen LogP contribution in [0.25, 0.3) is 10.8 Å². The Morgan fingerprint density at radius 2 is 1.83 bits per heavy atom. The van der Waals surface area contributed by atoms with E-state index in [1.54, 1.807) is 0 Å². The normalized spacial score (nSPS) is 22.2. The molecule has 1 heterocycles. The van der Waals surface area contributed by atoms with Crippen LogP contribution >= 0.6 is 0 Å². The van der Waals surface area contributed by atoms with Crippen molar-refractivity contribution in [3.63, 3.8) is 0 Å². The molecular weight excluding hydrogens is 288 g/mol. The molecule has 1 aliphatic heterocycles. The fourth-order valence-corrected chi connectivity index (χ4v) is 3.23. The van der Waals surface area contributed by atoms with Gasteiger partial charge in [-0.3, -0.25) is 9.69 Å². The second-order valence-corrected chi connectivity index (χ2v) is 6.33. The van der Waals surface area contributed by atoms with Gasteiger partial charge in [0, 0.05) is 31.7 Å². The van der Waals surface area contributed by atoms with Gasteiger partial charge >= 0.3 is 0 Å². The van der Waals surface area contributed by atoms with E-state index in [2.05, 4.69) is 30.1 Å². The molecule has 0 aliphatic carbocycles. The summed E-state index contributed by atoms with van der Waals surface area (Å²) in [7, 11) is 0. The fourth-order valence-electron chi connectivity index (χ4n) is 3.23. The van der Waals surface area contributed by atoms with E-state index < -0.39 is 0 Å². The lowest BCUT2D eigenvalue weighted by Crippen LogP contribution is -2.47. The molecule has 0 radical (unpaired) electrons. The summed E-state index contributed by atoms with van der Waals surface area (Å²) in [6, 6.07) is 13.9. The van der Waals surface area contributed by atoms with E-state index >= 15 is 0 Å². The van der Waals surface area contributed by atoms with E-state index in [1.807, 2.05) is 36.4 Å². The third kappa shape index (κ3) is 4.09. The van der Waals surface area contributed by atoms with Gasteiger partial charge in [0.15, 0.2) is 0 Å². The maximum absolute atomic E-state index is 12.3. The molecule has 122 valence electrons. The molecule has 1 fully saturated rings. The van der Waals surface area contributed by atoms with Crippen LogP contribution in [0.2, 0.25) is 0 Å². The molecule has 1 amide bonds. The van der Waals surface area contributed by atoms with Crippen molar-refractivity contribution in [3.8, 4) is 0 Å². The van der Waals surface area contributed by atoms with Crippen LogP contribution in [0.3, 0.4) is 0 Å². The highest BCUT2D eigenvalue weighted by Gasteiger charge is 2.21. The number of carbonyl (C=O) groups is 1. The zero-order valence-corrected chi connectivity index (χ0v) is 13.8. The van der Waals surface area contributed by atoms with Gasteiger partial charge in [-0.2, -0.15) is 0 Å². The molecule has 2 unspecified atom stereocenters. The van der Waals surface area contributed by atoms with Gasteiger partial charge in [-0.05, 0) is 36.8 Å². The first-order chi connectivity index (χ1) is 11.1.